The lowest BCUT2D eigenvalue weighted by Crippen LogP contribution is -2.12. The van der Waals surface area contributed by atoms with Crippen molar-refractivity contribution in [1.29, 1.82) is 0 Å². The first kappa shape index (κ1) is 8.84. The zero-order valence-corrected chi connectivity index (χ0v) is 7.20. The van der Waals surface area contributed by atoms with Crippen LogP contribution in [0.15, 0.2) is 18.2 Å². The van der Waals surface area contributed by atoms with Crippen LogP contribution >= 0.6 is 0 Å². The number of rotatable bonds is 2. The Labute approximate surface area is 72.8 Å². The highest BCUT2D eigenvalue weighted by Crippen LogP contribution is 2.14. The molecule has 0 unspecified atom stereocenters. The molecule has 0 saturated carbocycles. The third kappa shape index (κ3) is 1.49. The van der Waals surface area contributed by atoms with Crippen LogP contribution in [0, 0.1) is 10.1 Å². The molecule has 0 saturated heterocycles. The summed E-state index contributed by atoms with van der Waals surface area (Å²) < 4.78 is 0. The van der Waals surface area contributed by atoms with Crippen molar-refractivity contribution < 1.29 is 4.92 Å². The van der Waals surface area contributed by atoms with Crippen LogP contribution in [0.4, 0.5) is 5.69 Å². The Balaban J connectivity index is 3.27. The zero-order valence-electron chi connectivity index (χ0n) is 7.20. The fourth-order valence-electron chi connectivity index (χ4n) is 1.32. The molecule has 1 rings (SSSR count). The van der Waals surface area contributed by atoms with Crippen molar-refractivity contribution in [3.63, 3.8) is 0 Å². The molecule has 1 aromatic carbocycles. The molecule has 5 heteroatoms. The monoisotopic (exact) mass is 161 g/mol. The van der Waals surface area contributed by atoms with E-state index in [4.69, 9.17) is 0 Å². The average molecular weight is 161 g/mol. The maximum Gasteiger partial charge on any atom is 0.271 e. The lowest BCUT2D eigenvalue weighted by molar-refractivity contribution is -0.385. The molecule has 1 aromatic rings. The lowest BCUT2D eigenvalue weighted by Gasteiger charge is -2.02. The van der Waals surface area contributed by atoms with Gasteiger partial charge in [0.15, 0.2) is 0 Å². The lowest BCUT2D eigenvalue weighted by atomic mass is 9.83. The van der Waals surface area contributed by atoms with Crippen LogP contribution in [0.2, 0.25) is 0 Å². The van der Waals surface area contributed by atoms with Gasteiger partial charge in [0.2, 0.25) is 0 Å². The van der Waals surface area contributed by atoms with Crippen LogP contribution in [0.5, 0.6) is 0 Å². The predicted octanol–water partition coefficient (Wildman–Crippen LogP) is -1.01. The van der Waals surface area contributed by atoms with Crippen molar-refractivity contribution in [3.05, 3.63) is 33.9 Å². The normalized spacial score (nSPS) is 9.67. The minimum Gasteiger partial charge on any atom is -0.258 e. The summed E-state index contributed by atoms with van der Waals surface area (Å²) in [6, 6.07) is 5.16. The topological polar surface area (TPSA) is 43.1 Å². The minimum absolute atomic E-state index is 0.234. The molecule has 0 aliphatic carbocycles. The van der Waals surface area contributed by atoms with Gasteiger partial charge in [-0.1, -0.05) is 23.9 Å². The fourth-order valence-corrected chi connectivity index (χ4v) is 1.32. The molecule has 0 aromatic heterocycles. The molecule has 0 amide bonds. The van der Waals surface area contributed by atoms with Gasteiger partial charge in [-0.25, -0.2) is 0 Å². The third-order valence-electron chi connectivity index (χ3n) is 1.94. The minimum atomic E-state index is -0.328. The van der Waals surface area contributed by atoms with Crippen molar-refractivity contribution in [1.82, 2.24) is 0 Å². The van der Waals surface area contributed by atoms with Gasteiger partial charge in [0.05, 0.1) is 4.92 Å². The second-order valence-electron chi connectivity index (χ2n) is 2.68. The van der Waals surface area contributed by atoms with E-state index in [9.17, 15) is 10.1 Å². The highest BCUT2D eigenvalue weighted by atomic mass is 16.6. The van der Waals surface area contributed by atoms with E-state index < -0.39 is 0 Å². The molecule has 0 atom stereocenters. The first-order chi connectivity index (χ1) is 5.66. The van der Waals surface area contributed by atoms with Gasteiger partial charge in [-0.3, -0.25) is 10.1 Å². The summed E-state index contributed by atoms with van der Waals surface area (Å²) in [5, 5.41) is 10.5. The van der Waals surface area contributed by atoms with Gasteiger partial charge in [0, 0.05) is 11.6 Å². The van der Waals surface area contributed by atoms with Gasteiger partial charge in [0.25, 0.3) is 5.69 Å². The molecule has 12 heavy (non-hydrogen) atoms. The first-order valence-electron chi connectivity index (χ1n) is 3.89. The van der Waals surface area contributed by atoms with Gasteiger partial charge in [0.1, 0.15) is 15.7 Å². The van der Waals surface area contributed by atoms with Crippen LogP contribution in [-0.4, -0.2) is 20.6 Å². The van der Waals surface area contributed by atoms with E-state index in [-0.39, 0.29) is 10.6 Å². The Hall–Kier alpha value is -1.25. The average Bonchev–Trinajstić information content (AvgIpc) is 2.03. The van der Waals surface area contributed by atoms with Gasteiger partial charge in [-0.2, -0.15) is 0 Å². The second-order valence-corrected chi connectivity index (χ2v) is 2.68. The van der Waals surface area contributed by atoms with Crippen molar-refractivity contribution in [2.45, 2.75) is 6.32 Å². The van der Waals surface area contributed by atoms with Gasteiger partial charge in [-0.05, 0) is 0 Å². The molecule has 0 N–H and O–H groups in total. The summed E-state index contributed by atoms with van der Waals surface area (Å²) in [5.41, 5.74) is 2.06. The van der Waals surface area contributed by atoms with E-state index in [1.54, 1.807) is 12.1 Å². The maximum absolute atomic E-state index is 10.5. The summed E-state index contributed by atoms with van der Waals surface area (Å²) in [5.74, 6) is 0. The summed E-state index contributed by atoms with van der Waals surface area (Å²) >= 11 is 0. The van der Waals surface area contributed by atoms with E-state index in [0.29, 0.717) is 6.32 Å². The molecule has 0 aliphatic rings. The van der Waals surface area contributed by atoms with Gasteiger partial charge >= 0.3 is 0 Å². The molecule has 0 bridgehead atoms. The zero-order chi connectivity index (χ0) is 9.14. The number of nitrogens with zero attached hydrogens (tertiary/aromatic N) is 1. The number of nitro groups is 1. The number of nitro benzene ring substituents is 1. The van der Waals surface area contributed by atoms with Gasteiger partial charge < -0.3 is 0 Å². The van der Waals surface area contributed by atoms with Crippen molar-refractivity contribution in [3.8, 4) is 0 Å². The van der Waals surface area contributed by atoms with Crippen molar-refractivity contribution >= 4 is 26.8 Å². The number of benzene rings is 1. The molecule has 3 nitrogen and oxygen atoms in total. The summed E-state index contributed by atoms with van der Waals surface area (Å²) in [6.07, 6.45) is 0.711. The third-order valence-corrected chi connectivity index (χ3v) is 1.94. The standard InChI is InChI=1S/C7H9B2NO2/c8-4-5-6(9)2-1-3-7(5)10(11)12/h1-3H,4,8-9H2. The van der Waals surface area contributed by atoms with Crippen LogP contribution < -0.4 is 5.46 Å². The molecule has 0 spiro atoms. The molecule has 60 valence electrons. The fraction of sp³-hybridized carbons (Fsp3) is 0.143. The molecule has 0 aliphatic heterocycles. The summed E-state index contributed by atoms with van der Waals surface area (Å²) in [6.45, 7) is 0. The van der Waals surface area contributed by atoms with Crippen LogP contribution in [0.3, 0.4) is 0 Å². The van der Waals surface area contributed by atoms with E-state index >= 15 is 0 Å². The first-order valence-corrected chi connectivity index (χ1v) is 3.89. The van der Waals surface area contributed by atoms with Crippen molar-refractivity contribution in [2.75, 3.05) is 0 Å². The number of hydrogen-bond donors (Lipinski definition) is 0. The Morgan fingerprint density at radius 2 is 2.17 bits per heavy atom. The highest BCUT2D eigenvalue weighted by Gasteiger charge is 2.12. The SMILES string of the molecule is BCc1c(B)cccc1[N+](=O)[O-]. The van der Waals surface area contributed by atoms with E-state index in [1.165, 1.54) is 0 Å². The largest absolute Gasteiger partial charge is 0.271 e. The van der Waals surface area contributed by atoms with Crippen molar-refractivity contribution in [2.24, 2.45) is 0 Å². The summed E-state index contributed by atoms with van der Waals surface area (Å²) in [7, 11) is 3.82. The molecule has 0 fully saturated rings. The molecular weight excluding hydrogens is 152 g/mol. The molecule has 0 radical (unpaired) electrons. The van der Waals surface area contributed by atoms with Gasteiger partial charge in [-0.15, -0.1) is 0 Å². The highest BCUT2D eigenvalue weighted by molar-refractivity contribution is 6.34. The quantitative estimate of drug-likeness (QED) is 0.316. The Bertz CT molecular complexity index is 314. The molecule has 0 heterocycles. The van der Waals surface area contributed by atoms with Crippen LogP contribution in [0.1, 0.15) is 5.56 Å². The number of hydrogen-bond acceptors (Lipinski definition) is 2. The van der Waals surface area contributed by atoms with E-state index in [1.807, 2.05) is 21.8 Å². The Morgan fingerprint density at radius 3 is 2.58 bits per heavy atom. The Morgan fingerprint density at radius 1 is 1.50 bits per heavy atom. The predicted molar refractivity (Wildman–Crippen MR) is 53.5 cm³/mol. The second kappa shape index (κ2) is 3.43. The van der Waals surface area contributed by atoms with E-state index in [0.717, 1.165) is 11.0 Å². The van der Waals surface area contributed by atoms with E-state index in [2.05, 4.69) is 0 Å². The summed E-state index contributed by atoms with van der Waals surface area (Å²) in [4.78, 5) is 10.2. The smallest absolute Gasteiger partial charge is 0.258 e. The van der Waals surface area contributed by atoms with Crippen LogP contribution in [0.25, 0.3) is 0 Å². The maximum atomic E-state index is 10.5. The van der Waals surface area contributed by atoms with Crippen LogP contribution in [-0.2, 0) is 6.32 Å². The Kier molecular flexibility index (Phi) is 2.53. The molecular formula is C7H9B2NO2.